The maximum atomic E-state index is 12.5. The van der Waals surface area contributed by atoms with E-state index >= 15 is 0 Å². The molecule has 0 aliphatic rings. The predicted octanol–water partition coefficient (Wildman–Crippen LogP) is 4.81. The number of benzene rings is 2. The van der Waals surface area contributed by atoms with Crippen molar-refractivity contribution < 1.29 is 19.0 Å². The summed E-state index contributed by atoms with van der Waals surface area (Å²) in [5.74, 6) is 1.31. The number of amides is 1. The fourth-order valence-electron chi connectivity index (χ4n) is 2.94. The summed E-state index contributed by atoms with van der Waals surface area (Å²) < 4.78 is 17.3. The summed E-state index contributed by atoms with van der Waals surface area (Å²) in [6.07, 6.45) is 2.21. The number of nitriles is 1. The topological polar surface area (TPSA) is 106 Å². The fraction of sp³-hybridized carbons (Fsp3) is 0.280. The quantitative estimate of drug-likeness (QED) is 0.239. The van der Waals surface area contributed by atoms with E-state index in [0.29, 0.717) is 42.0 Å². The number of aryl methyl sites for hydroxylation is 2. The first-order valence-electron chi connectivity index (χ1n) is 10.9. The Morgan fingerprint density at radius 1 is 1.09 bits per heavy atom. The molecule has 0 fully saturated rings. The van der Waals surface area contributed by atoms with E-state index in [-0.39, 0.29) is 5.57 Å². The average molecular weight is 479 g/mol. The summed E-state index contributed by atoms with van der Waals surface area (Å²) in [5.41, 5.74) is 1.70. The van der Waals surface area contributed by atoms with Crippen LogP contribution in [0.15, 0.2) is 48.0 Å². The minimum absolute atomic E-state index is 0.0593. The highest BCUT2D eigenvalue weighted by Gasteiger charge is 2.14. The number of hydrogen-bond acceptors (Lipinski definition) is 8. The second-order valence-corrected chi connectivity index (χ2v) is 8.19. The maximum Gasteiger partial charge on any atom is 0.268 e. The maximum absolute atomic E-state index is 12.5. The summed E-state index contributed by atoms with van der Waals surface area (Å²) in [6.45, 7) is 6.97. The standard InChI is InChI=1S/C25H26N4O4S/c1-4-23-28-29-25(34-23)27-24(30)19(16-26)14-18-9-10-21(22(15-18)31-5-2)33-12-11-32-20-8-6-7-17(3)13-20/h6-10,13-15H,4-5,11-12H2,1-3H3,(H,27,29,30). The molecule has 2 aromatic carbocycles. The Balaban J connectivity index is 1.65. The van der Waals surface area contributed by atoms with Crippen molar-refractivity contribution in [1.82, 2.24) is 10.2 Å². The number of anilines is 1. The zero-order valence-electron chi connectivity index (χ0n) is 19.3. The van der Waals surface area contributed by atoms with Crippen LogP contribution >= 0.6 is 11.3 Å². The smallest absolute Gasteiger partial charge is 0.268 e. The van der Waals surface area contributed by atoms with Gasteiger partial charge < -0.3 is 14.2 Å². The van der Waals surface area contributed by atoms with E-state index in [0.717, 1.165) is 22.7 Å². The number of nitrogens with one attached hydrogen (secondary N) is 1. The molecule has 0 aliphatic heterocycles. The van der Waals surface area contributed by atoms with Crippen LogP contribution in [0.25, 0.3) is 6.08 Å². The number of carbonyl (C=O) groups is 1. The number of hydrogen-bond donors (Lipinski definition) is 1. The van der Waals surface area contributed by atoms with Gasteiger partial charge in [0.1, 0.15) is 35.6 Å². The minimum Gasteiger partial charge on any atom is -0.490 e. The highest BCUT2D eigenvalue weighted by atomic mass is 32.1. The molecule has 0 unspecified atom stereocenters. The molecule has 0 saturated carbocycles. The number of carbonyl (C=O) groups excluding carboxylic acids is 1. The summed E-state index contributed by atoms with van der Waals surface area (Å²) >= 11 is 1.28. The van der Waals surface area contributed by atoms with Gasteiger partial charge in [0, 0.05) is 0 Å². The van der Waals surface area contributed by atoms with Crippen LogP contribution in [0, 0.1) is 18.3 Å². The monoisotopic (exact) mass is 478 g/mol. The molecule has 0 spiro atoms. The molecule has 0 atom stereocenters. The second kappa shape index (κ2) is 12.4. The molecule has 1 amide bonds. The Kier molecular flexibility index (Phi) is 9.00. The minimum atomic E-state index is -0.548. The number of aromatic nitrogens is 2. The lowest BCUT2D eigenvalue weighted by Crippen LogP contribution is -2.13. The van der Waals surface area contributed by atoms with Crippen LogP contribution in [-0.4, -0.2) is 35.9 Å². The lowest BCUT2D eigenvalue weighted by molar-refractivity contribution is -0.112. The highest BCUT2D eigenvalue weighted by molar-refractivity contribution is 7.15. The van der Waals surface area contributed by atoms with Crippen LogP contribution in [0.1, 0.15) is 30.0 Å². The van der Waals surface area contributed by atoms with Crippen LogP contribution in [0.4, 0.5) is 5.13 Å². The van der Waals surface area contributed by atoms with Gasteiger partial charge in [-0.3, -0.25) is 10.1 Å². The first kappa shape index (κ1) is 24.7. The number of ether oxygens (including phenoxy) is 3. The SMILES string of the molecule is CCOc1cc(C=C(C#N)C(=O)Nc2nnc(CC)s2)ccc1OCCOc1cccc(C)c1. The molecule has 0 bridgehead atoms. The third-order valence-electron chi connectivity index (χ3n) is 4.53. The van der Waals surface area contributed by atoms with Gasteiger partial charge in [0.25, 0.3) is 5.91 Å². The van der Waals surface area contributed by atoms with E-state index in [2.05, 4.69) is 15.5 Å². The lowest BCUT2D eigenvalue weighted by Gasteiger charge is -2.13. The molecular weight excluding hydrogens is 452 g/mol. The van der Waals surface area contributed by atoms with Gasteiger partial charge in [-0.2, -0.15) is 5.26 Å². The highest BCUT2D eigenvalue weighted by Crippen LogP contribution is 2.29. The van der Waals surface area contributed by atoms with Crippen LogP contribution in [0.2, 0.25) is 0 Å². The third kappa shape index (κ3) is 7.05. The lowest BCUT2D eigenvalue weighted by atomic mass is 10.1. The zero-order chi connectivity index (χ0) is 24.3. The Morgan fingerprint density at radius 2 is 1.91 bits per heavy atom. The number of rotatable bonds is 11. The van der Waals surface area contributed by atoms with Crippen molar-refractivity contribution in [2.24, 2.45) is 0 Å². The fourth-order valence-corrected chi connectivity index (χ4v) is 3.62. The van der Waals surface area contributed by atoms with E-state index in [4.69, 9.17) is 14.2 Å². The molecule has 0 aliphatic carbocycles. The van der Waals surface area contributed by atoms with Gasteiger partial charge in [-0.15, -0.1) is 10.2 Å². The molecule has 3 aromatic rings. The van der Waals surface area contributed by atoms with Gasteiger partial charge in [-0.05, 0) is 61.7 Å². The molecule has 0 saturated heterocycles. The molecule has 0 radical (unpaired) electrons. The van der Waals surface area contributed by atoms with Crippen LogP contribution in [0.3, 0.4) is 0 Å². The van der Waals surface area contributed by atoms with Crippen molar-refractivity contribution in [2.75, 3.05) is 25.1 Å². The van der Waals surface area contributed by atoms with Gasteiger partial charge in [-0.1, -0.05) is 36.5 Å². The van der Waals surface area contributed by atoms with Crippen molar-refractivity contribution in [3.05, 3.63) is 64.2 Å². The van der Waals surface area contributed by atoms with Crippen LogP contribution in [0.5, 0.6) is 17.2 Å². The van der Waals surface area contributed by atoms with Crippen molar-refractivity contribution in [1.29, 1.82) is 5.26 Å². The van der Waals surface area contributed by atoms with Gasteiger partial charge >= 0.3 is 0 Å². The molecular formula is C25H26N4O4S. The largest absolute Gasteiger partial charge is 0.490 e. The van der Waals surface area contributed by atoms with Crippen LogP contribution in [-0.2, 0) is 11.2 Å². The molecule has 34 heavy (non-hydrogen) atoms. The molecule has 1 aromatic heterocycles. The molecule has 176 valence electrons. The summed E-state index contributed by atoms with van der Waals surface area (Å²) in [4.78, 5) is 12.5. The molecule has 1 heterocycles. The Labute approximate surface area is 202 Å². The first-order valence-corrected chi connectivity index (χ1v) is 11.7. The van der Waals surface area contributed by atoms with E-state index in [9.17, 15) is 10.1 Å². The summed E-state index contributed by atoms with van der Waals surface area (Å²) in [7, 11) is 0. The van der Waals surface area contributed by atoms with E-state index in [1.54, 1.807) is 18.2 Å². The van der Waals surface area contributed by atoms with Crippen molar-refractivity contribution in [2.45, 2.75) is 27.2 Å². The van der Waals surface area contributed by atoms with E-state index in [1.165, 1.54) is 17.4 Å². The van der Waals surface area contributed by atoms with Gasteiger partial charge in [0.05, 0.1) is 6.61 Å². The number of nitrogens with zero attached hydrogens (tertiary/aromatic N) is 3. The van der Waals surface area contributed by atoms with E-state index < -0.39 is 5.91 Å². The summed E-state index contributed by atoms with van der Waals surface area (Å²) in [5, 5.41) is 21.1. The molecule has 9 heteroatoms. The Morgan fingerprint density at radius 3 is 2.62 bits per heavy atom. The zero-order valence-corrected chi connectivity index (χ0v) is 20.1. The van der Waals surface area contributed by atoms with Crippen LogP contribution < -0.4 is 19.5 Å². The van der Waals surface area contributed by atoms with Gasteiger partial charge in [0.15, 0.2) is 11.5 Å². The van der Waals surface area contributed by atoms with Crippen molar-refractivity contribution >= 4 is 28.5 Å². The van der Waals surface area contributed by atoms with E-state index in [1.807, 2.05) is 51.1 Å². The van der Waals surface area contributed by atoms with Crippen molar-refractivity contribution in [3.8, 4) is 23.3 Å². The average Bonchev–Trinajstić information content (AvgIpc) is 3.29. The second-order valence-electron chi connectivity index (χ2n) is 7.13. The van der Waals surface area contributed by atoms with Gasteiger partial charge in [-0.25, -0.2) is 0 Å². The molecule has 8 nitrogen and oxygen atoms in total. The molecule has 1 N–H and O–H groups in total. The van der Waals surface area contributed by atoms with Gasteiger partial charge in [0.2, 0.25) is 5.13 Å². The van der Waals surface area contributed by atoms with Crippen molar-refractivity contribution in [3.63, 3.8) is 0 Å². The summed E-state index contributed by atoms with van der Waals surface area (Å²) in [6, 6.07) is 15.0. The Hall–Kier alpha value is -3.90. The third-order valence-corrected chi connectivity index (χ3v) is 5.52. The Bertz CT molecular complexity index is 1200. The normalized spacial score (nSPS) is 10.9. The predicted molar refractivity (Wildman–Crippen MR) is 131 cm³/mol. The first-order chi connectivity index (χ1) is 16.5. The molecule has 3 rings (SSSR count).